The molecular formula is C12H16ClNO3S. The van der Waals surface area contributed by atoms with Crippen molar-refractivity contribution in [2.45, 2.75) is 18.1 Å². The van der Waals surface area contributed by atoms with Crippen molar-refractivity contribution in [2.24, 2.45) is 11.1 Å². The number of benzene rings is 1. The molecule has 0 saturated carbocycles. The highest BCUT2D eigenvalue weighted by molar-refractivity contribution is 7.89. The molecule has 0 spiro atoms. The van der Waals surface area contributed by atoms with Crippen molar-refractivity contribution < 1.29 is 13.2 Å². The number of hydrogen-bond acceptors (Lipinski definition) is 3. The fourth-order valence-corrected chi connectivity index (χ4v) is 3.70. The number of halogens is 1. The number of hydrogen-bond donors (Lipinski definition) is 1. The molecule has 2 N–H and O–H groups in total. The highest BCUT2D eigenvalue weighted by atomic mass is 35.5. The molecule has 6 heteroatoms. The van der Waals surface area contributed by atoms with E-state index in [0.717, 1.165) is 5.56 Å². The lowest BCUT2D eigenvalue weighted by Crippen LogP contribution is -2.42. The molecule has 0 amide bonds. The summed E-state index contributed by atoms with van der Waals surface area (Å²) in [4.78, 5) is 0. The molecule has 0 unspecified atom stereocenters. The van der Waals surface area contributed by atoms with Gasteiger partial charge in [0.15, 0.2) is 0 Å². The zero-order valence-electron chi connectivity index (χ0n) is 9.88. The van der Waals surface area contributed by atoms with Gasteiger partial charge in [0.25, 0.3) is 0 Å². The molecule has 1 saturated heterocycles. The zero-order valence-corrected chi connectivity index (χ0v) is 11.5. The molecule has 100 valence electrons. The van der Waals surface area contributed by atoms with Crippen molar-refractivity contribution in [3.63, 3.8) is 0 Å². The quantitative estimate of drug-likeness (QED) is 0.918. The number of sulfonamides is 1. The first-order valence-corrected chi connectivity index (χ1v) is 7.80. The standard InChI is InChI=1S/C12H16ClNO3S/c13-11-4-2-1-3-9(11)7-10-8-17-6-5-12(10)18(14,15)16/h1-4,10,12H,5-8H2,(H2,14,15,16)/t10-,12-/m1/s1. The smallest absolute Gasteiger partial charge is 0.212 e. The predicted molar refractivity (Wildman–Crippen MR) is 71.0 cm³/mol. The van der Waals surface area contributed by atoms with Gasteiger partial charge in [0, 0.05) is 17.5 Å². The topological polar surface area (TPSA) is 69.4 Å². The molecule has 1 aliphatic heterocycles. The van der Waals surface area contributed by atoms with E-state index < -0.39 is 15.3 Å². The van der Waals surface area contributed by atoms with E-state index in [9.17, 15) is 8.42 Å². The fourth-order valence-electron chi connectivity index (χ4n) is 2.35. The predicted octanol–water partition coefficient (Wildman–Crippen LogP) is 1.58. The van der Waals surface area contributed by atoms with Crippen LogP contribution in [-0.2, 0) is 21.2 Å². The van der Waals surface area contributed by atoms with Crippen LogP contribution in [0.4, 0.5) is 0 Å². The Bertz CT molecular complexity index is 518. The summed E-state index contributed by atoms with van der Waals surface area (Å²) in [6, 6.07) is 7.43. The molecule has 0 aliphatic carbocycles. The number of primary sulfonamides is 1. The van der Waals surface area contributed by atoms with Gasteiger partial charge >= 0.3 is 0 Å². The monoisotopic (exact) mass is 289 g/mol. The van der Waals surface area contributed by atoms with Gasteiger partial charge in [-0.05, 0) is 24.5 Å². The molecule has 0 aromatic heterocycles. The van der Waals surface area contributed by atoms with Crippen LogP contribution in [0.2, 0.25) is 5.02 Å². The van der Waals surface area contributed by atoms with Crippen LogP contribution in [0.1, 0.15) is 12.0 Å². The van der Waals surface area contributed by atoms with E-state index in [0.29, 0.717) is 31.1 Å². The molecular weight excluding hydrogens is 274 g/mol. The Hall–Kier alpha value is -0.620. The second-order valence-corrected chi connectivity index (χ2v) is 6.74. The molecule has 1 aromatic rings. The maximum Gasteiger partial charge on any atom is 0.212 e. The third kappa shape index (κ3) is 3.23. The molecule has 2 atom stereocenters. The normalized spacial score (nSPS) is 25.0. The van der Waals surface area contributed by atoms with Crippen molar-refractivity contribution in [2.75, 3.05) is 13.2 Å². The summed E-state index contributed by atoms with van der Waals surface area (Å²) in [6.07, 6.45) is 1.02. The number of nitrogens with two attached hydrogens (primary N) is 1. The highest BCUT2D eigenvalue weighted by Gasteiger charge is 2.34. The van der Waals surface area contributed by atoms with Crippen molar-refractivity contribution in [1.29, 1.82) is 0 Å². The first-order valence-electron chi connectivity index (χ1n) is 5.81. The molecule has 4 nitrogen and oxygen atoms in total. The van der Waals surface area contributed by atoms with E-state index in [2.05, 4.69) is 0 Å². The Kier molecular flexibility index (Phi) is 4.27. The van der Waals surface area contributed by atoms with E-state index in [1.165, 1.54) is 0 Å². The lowest BCUT2D eigenvalue weighted by atomic mass is 9.93. The molecule has 2 rings (SSSR count). The van der Waals surface area contributed by atoms with Crippen molar-refractivity contribution in [3.8, 4) is 0 Å². The van der Waals surface area contributed by atoms with E-state index in [1.54, 1.807) is 6.07 Å². The zero-order chi connectivity index (χ0) is 13.2. The second-order valence-electron chi connectivity index (χ2n) is 4.55. The Morgan fingerprint density at radius 2 is 2.11 bits per heavy atom. The number of rotatable bonds is 3. The van der Waals surface area contributed by atoms with Gasteiger partial charge in [-0.25, -0.2) is 13.6 Å². The van der Waals surface area contributed by atoms with Crippen LogP contribution in [0, 0.1) is 5.92 Å². The minimum atomic E-state index is -3.53. The Morgan fingerprint density at radius 1 is 1.39 bits per heavy atom. The van der Waals surface area contributed by atoms with Crippen LogP contribution in [0.15, 0.2) is 24.3 Å². The lowest BCUT2D eigenvalue weighted by molar-refractivity contribution is 0.0572. The summed E-state index contributed by atoms with van der Waals surface area (Å²) in [5, 5.41) is 5.39. The highest BCUT2D eigenvalue weighted by Crippen LogP contribution is 2.27. The average molecular weight is 290 g/mol. The molecule has 0 bridgehead atoms. The average Bonchev–Trinajstić information content (AvgIpc) is 2.31. The van der Waals surface area contributed by atoms with Gasteiger partial charge in [-0.15, -0.1) is 0 Å². The van der Waals surface area contributed by atoms with Crippen molar-refractivity contribution in [1.82, 2.24) is 0 Å². The van der Waals surface area contributed by atoms with Crippen LogP contribution < -0.4 is 5.14 Å². The van der Waals surface area contributed by atoms with Crippen LogP contribution in [0.25, 0.3) is 0 Å². The van der Waals surface area contributed by atoms with Gasteiger partial charge < -0.3 is 4.74 Å². The van der Waals surface area contributed by atoms with Crippen LogP contribution in [-0.4, -0.2) is 26.9 Å². The van der Waals surface area contributed by atoms with Crippen LogP contribution in [0.5, 0.6) is 0 Å². The molecule has 0 radical (unpaired) electrons. The molecule has 1 aromatic carbocycles. The van der Waals surface area contributed by atoms with Crippen molar-refractivity contribution in [3.05, 3.63) is 34.9 Å². The largest absolute Gasteiger partial charge is 0.381 e. The molecule has 18 heavy (non-hydrogen) atoms. The summed E-state index contributed by atoms with van der Waals surface area (Å²) in [5.74, 6) is -0.131. The summed E-state index contributed by atoms with van der Waals surface area (Å²) in [5.41, 5.74) is 0.934. The minimum absolute atomic E-state index is 0.131. The molecule has 1 heterocycles. The van der Waals surface area contributed by atoms with E-state index >= 15 is 0 Å². The molecule has 1 aliphatic rings. The van der Waals surface area contributed by atoms with Gasteiger partial charge in [-0.1, -0.05) is 29.8 Å². The summed E-state index contributed by atoms with van der Waals surface area (Å²) in [6.45, 7) is 0.854. The van der Waals surface area contributed by atoms with E-state index in [1.807, 2.05) is 18.2 Å². The third-order valence-electron chi connectivity index (χ3n) is 3.27. The maximum absolute atomic E-state index is 11.6. The first kappa shape index (κ1) is 13.8. The SMILES string of the molecule is NS(=O)(=O)[C@@H]1CCOC[C@H]1Cc1ccccc1Cl. The van der Waals surface area contributed by atoms with Gasteiger partial charge in [0.1, 0.15) is 0 Å². The first-order chi connectivity index (χ1) is 8.48. The van der Waals surface area contributed by atoms with E-state index in [4.69, 9.17) is 21.5 Å². The molecule has 1 fully saturated rings. The third-order valence-corrected chi connectivity index (χ3v) is 5.10. The van der Waals surface area contributed by atoms with Gasteiger partial charge in [0.05, 0.1) is 11.9 Å². The number of ether oxygens (including phenoxy) is 1. The van der Waals surface area contributed by atoms with Gasteiger partial charge in [-0.3, -0.25) is 0 Å². The van der Waals surface area contributed by atoms with Crippen molar-refractivity contribution >= 4 is 21.6 Å². The minimum Gasteiger partial charge on any atom is -0.381 e. The van der Waals surface area contributed by atoms with Gasteiger partial charge in [0.2, 0.25) is 10.0 Å². The van der Waals surface area contributed by atoms with E-state index in [-0.39, 0.29) is 5.92 Å². The summed E-state index contributed by atoms with van der Waals surface area (Å²) >= 11 is 6.08. The Labute approximate surface area is 112 Å². The Balaban J connectivity index is 2.18. The second kappa shape index (κ2) is 5.57. The summed E-state index contributed by atoms with van der Waals surface area (Å²) < 4.78 is 28.5. The van der Waals surface area contributed by atoms with Crippen LogP contribution in [0.3, 0.4) is 0 Å². The lowest BCUT2D eigenvalue weighted by Gasteiger charge is -2.30. The fraction of sp³-hybridized carbons (Fsp3) is 0.500. The van der Waals surface area contributed by atoms with Crippen LogP contribution >= 0.6 is 11.6 Å². The maximum atomic E-state index is 11.6. The summed E-state index contributed by atoms with van der Waals surface area (Å²) in [7, 11) is -3.53. The Morgan fingerprint density at radius 3 is 2.78 bits per heavy atom. The van der Waals surface area contributed by atoms with Gasteiger partial charge in [-0.2, -0.15) is 0 Å².